The Bertz CT molecular complexity index is 1350. The highest BCUT2D eigenvalue weighted by molar-refractivity contribution is 6.30. The zero-order valence-corrected chi connectivity index (χ0v) is 19.8. The molecule has 178 valence electrons. The maximum Gasteiger partial charge on any atom is 0.267 e. The summed E-state index contributed by atoms with van der Waals surface area (Å²) in [6, 6.07) is 16.4. The van der Waals surface area contributed by atoms with E-state index in [0.717, 1.165) is 23.3 Å². The molecule has 0 saturated carbocycles. The average molecular weight is 491 g/mol. The van der Waals surface area contributed by atoms with Crippen molar-refractivity contribution in [3.05, 3.63) is 81.1 Å². The normalized spacial score (nSPS) is 13.8. The van der Waals surface area contributed by atoms with Crippen LogP contribution in [0.5, 0.6) is 0 Å². The first-order chi connectivity index (χ1) is 16.8. The highest BCUT2D eigenvalue weighted by Crippen LogP contribution is 2.19. The van der Waals surface area contributed by atoms with Crippen LogP contribution in [0.15, 0.2) is 59.4 Å². The maximum absolute atomic E-state index is 13.0. The molecule has 1 saturated heterocycles. The lowest BCUT2D eigenvalue weighted by Gasteiger charge is -2.32. The molecule has 1 fully saturated rings. The van der Waals surface area contributed by atoms with E-state index < -0.39 is 11.5 Å². The van der Waals surface area contributed by atoms with Gasteiger partial charge in [-0.2, -0.15) is 10.4 Å². The molecule has 0 atom stereocenters. The minimum absolute atomic E-state index is 0.195. The molecule has 0 bridgehead atoms. The topological polar surface area (TPSA) is 111 Å². The van der Waals surface area contributed by atoms with Crippen LogP contribution in [-0.4, -0.2) is 64.6 Å². The van der Waals surface area contributed by atoms with E-state index in [9.17, 15) is 19.6 Å². The minimum atomic E-state index is -0.513. The van der Waals surface area contributed by atoms with Crippen molar-refractivity contribution in [3.8, 4) is 17.3 Å². The lowest BCUT2D eigenvalue weighted by Crippen LogP contribution is -2.47. The van der Waals surface area contributed by atoms with Gasteiger partial charge in [-0.3, -0.25) is 14.4 Å². The number of hydrogen-bond acceptors (Lipinski definition) is 6. The van der Waals surface area contributed by atoms with E-state index in [1.807, 2.05) is 13.1 Å². The van der Waals surface area contributed by atoms with Crippen molar-refractivity contribution in [1.82, 2.24) is 19.6 Å². The first-order valence-electron chi connectivity index (χ1n) is 11.0. The van der Waals surface area contributed by atoms with Crippen LogP contribution in [0.3, 0.4) is 0 Å². The SMILES string of the molecule is CN1CCN(C(=O)c2cc(C#N)cc(NC(=O)Cn3nc(-c4ccc(Cl)cc4)ccc3=O)c2)CC1. The van der Waals surface area contributed by atoms with Crippen LogP contribution in [0.1, 0.15) is 15.9 Å². The van der Waals surface area contributed by atoms with Gasteiger partial charge >= 0.3 is 0 Å². The summed E-state index contributed by atoms with van der Waals surface area (Å²) >= 11 is 5.93. The summed E-state index contributed by atoms with van der Waals surface area (Å²) in [7, 11) is 2.00. The number of hydrogen-bond donors (Lipinski definition) is 1. The van der Waals surface area contributed by atoms with Crippen molar-refractivity contribution in [3.63, 3.8) is 0 Å². The van der Waals surface area contributed by atoms with Gasteiger partial charge in [-0.1, -0.05) is 23.7 Å². The number of nitrogens with zero attached hydrogens (tertiary/aromatic N) is 5. The molecule has 35 heavy (non-hydrogen) atoms. The number of aromatic nitrogens is 2. The molecule has 10 heteroatoms. The van der Waals surface area contributed by atoms with Gasteiger partial charge in [0.2, 0.25) is 5.91 Å². The van der Waals surface area contributed by atoms with Gasteiger partial charge in [0.1, 0.15) is 6.54 Å². The van der Waals surface area contributed by atoms with Crippen molar-refractivity contribution in [1.29, 1.82) is 5.26 Å². The van der Waals surface area contributed by atoms with Crippen molar-refractivity contribution in [2.45, 2.75) is 6.54 Å². The Kier molecular flexibility index (Phi) is 7.25. The lowest BCUT2D eigenvalue weighted by molar-refractivity contribution is -0.117. The quantitative estimate of drug-likeness (QED) is 0.588. The van der Waals surface area contributed by atoms with E-state index in [1.165, 1.54) is 18.2 Å². The monoisotopic (exact) mass is 490 g/mol. The maximum atomic E-state index is 13.0. The predicted octanol–water partition coefficient (Wildman–Crippen LogP) is 2.46. The molecular weight excluding hydrogens is 468 g/mol. The largest absolute Gasteiger partial charge is 0.336 e. The average Bonchev–Trinajstić information content (AvgIpc) is 2.85. The van der Waals surface area contributed by atoms with Gasteiger partial charge in [0.05, 0.1) is 17.3 Å². The molecule has 0 aliphatic carbocycles. The highest BCUT2D eigenvalue weighted by Gasteiger charge is 2.21. The van der Waals surface area contributed by atoms with Gasteiger partial charge < -0.3 is 15.1 Å². The van der Waals surface area contributed by atoms with Crippen LogP contribution in [0, 0.1) is 11.3 Å². The molecule has 1 N–H and O–H groups in total. The second-order valence-electron chi connectivity index (χ2n) is 8.28. The summed E-state index contributed by atoms with van der Waals surface area (Å²) in [5.41, 5.74) is 1.70. The van der Waals surface area contributed by atoms with Crippen molar-refractivity contribution in [2.24, 2.45) is 0 Å². The number of halogens is 1. The van der Waals surface area contributed by atoms with Gasteiger partial charge in [0, 0.05) is 54.1 Å². The number of rotatable bonds is 5. The van der Waals surface area contributed by atoms with Crippen molar-refractivity contribution >= 4 is 29.1 Å². The van der Waals surface area contributed by atoms with E-state index in [-0.39, 0.29) is 18.0 Å². The van der Waals surface area contributed by atoms with Gasteiger partial charge in [0.15, 0.2) is 0 Å². The Morgan fingerprint density at radius 3 is 2.46 bits per heavy atom. The molecule has 2 aromatic carbocycles. The zero-order valence-electron chi connectivity index (χ0n) is 19.1. The summed E-state index contributed by atoms with van der Waals surface area (Å²) in [5.74, 6) is -0.708. The molecule has 0 spiro atoms. The van der Waals surface area contributed by atoms with Crippen LogP contribution < -0.4 is 10.9 Å². The summed E-state index contributed by atoms with van der Waals surface area (Å²) < 4.78 is 1.06. The Morgan fingerprint density at radius 1 is 1.06 bits per heavy atom. The van der Waals surface area contributed by atoms with Crippen LogP contribution in [0.4, 0.5) is 5.69 Å². The molecule has 4 rings (SSSR count). The van der Waals surface area contributed by atoms with E-state index in [1.54, 1.807) is 41.3 Å². The minimum Gasteiger partial charge on any atom is -0.336 e. The molecule has 1 aliphatic rings. The molecule has 1 aliphatic heterocycles. The molecule has 3 aromatic rings. The molecule has 2 amide bonds. The Balaban J connectivity index is 1.51. The number of likely N-dealkylation sites (N-methyl/N-ethyl adjacent to an activating group) is 1. The molecular formula is C25H23ClN6O3. The van der Waals surface area contributed by atoms with E-state index in [0.29, 0.717) is 35.1 Å². The fourth-order valence-electron chi connectivity index (χ4n) is 3.75. The number of benzene rings is 2. The fourth-order valence-corrected chi connectivity index (χ4v) is 3.88. The van der Waals surface area contributed by atoms with Gasteiger partial charge in [-0.15, -0.1) is 0 Å². The number of anilines is 1. The number of carbonyl (C=O) groups excluding carboxylic acids is 2. The summed E-state index contributed by atoms with van der Waals surface area (Å²) in [5, 5.41) is 17.0. The number of amides is 2. The molecule has 1 aromatic heterocycles. The summed E-state index contributed by atoms with van der Waals surface area (Å²) in [4.78, 5) is 41.9. The summed E-state index contributed by atoms with van der Waals surface area (Å²) in [6.45, 7) is 2.38. The highest BCUT2D eigenvalue weighted by atomic mass is 35.5. The van der Waals surface area contributed by atoms with Crippen molar-refractivity contribution < 1.29 is 9.59 Å². The van der Waals surface area contributed by atoms with Gasteiger partial charge in [-0.05, 0) is 43.4 Å². The Hall–Kier alpha value is -4.00. The van der Waals surface area contributed by atoms with Crippen LogP contribution in [-0.2, 0) is 11.3 Å². The van der Waals surface area contributed by atoms with Crippen molar-refractivity contribution in [2.75, 3.05) is 38.5 Å². The fraction of sp³-hybridized carbons (Fsp3) is 0.240. The number of nitrogens with one attached hydrogen (secondary N) is 1. The standard InChI is InChI=1S/C25H23ClN6O3/c1-30-8-10-31(11-9-30)25(35)19-12-17(15-27)13-21(14-19)28-23(33)16-32-24(34)7-6-22(29-32)18-2-4-20(26)5-3-18/h2-7,12-14H,8-11,16H2,1H3,(H,28,33). The van der Waals surface area contributed by atoms with Crippen LogP contribution in [0.2, 0.25) is 5.02 Å². The molecule has 0 radical (unpaired) electrons. The molecule has 0 unspecified atom stereocenters. The van der Waals surface area contributed by atoms with Gasteiger partial charge in [0.25, 0.3) is 11.5 Å². The van der Waals surface area contributed by atoms with E-state index >= 15 is 0 Å². The second kappa shape index (κ2) is 10.5. The third-order valence-electron chi connectivity index (χ3n) is 5.68. The second-order valence-corrected chi connectivity index (χ2v) is 8.71. The third-order valence-corrected chi connectivity index (χ3v) is 5.94. The van der Waals surface area contributed by atoms with Crippen LogP contribution >= 0.6 is 11.6 Å². The van der Waals surface area contributed by atoms with E-state index in [2.05, 4.69) is 15.3 Å². The van der Waals surface area contributed by atoms with E-state index in [4.69, 9.17) is 11.6 Å². The molecule has 9 nitrogen and oxygen atoms in total. The number of carbonyl (C=O) groups is 2. The third kappa shape index (κ3) is 5.93. The van der Waals surface area contributed by atoms with Gasteiger partial charge in [-0.25, -0.2) is 4.68 Å². The lowest BCUT2D eigenvalue weighted by atomic mass is 10.1. The zero-order chi connectivity index (χ0) is 24.9. The summed E-state index contributed by atoms with van der Waals surface area (Å²) in [6.07, 6.45) is 0. The Labute approximate surface area is 207 Å². The smallest absolute Gasteiger partial charge is 0.267 e. The molecule has 2 heterocycles. The number of piperazine rings is 1. The first kappa shape index (κ1) is 24.1. The number of nitriles is 1. The Morgan fingerprint density at radius 2 is 1.77 bits per heavy atom. The first-order valence-corrected chi connectivity index (χ1v) is 11.4. The van der Waals surface area contributed by atoms with Crippen LogP contribution in [0.25, 0.3) is 11.3 Å². The predicted molar refractivity (Wildman–Crippen MR) is 132 cm³/mol.